The first kappa shape index (κ1) is 19.0. The summed E-state index contributed by atoms with van der Waals surface area (Å²) in [6.07, 6.45) is 5.27. The van der Waals surface area contributed by atoms with E-state index < -0.39 is 0 Å². The number of nitrogens with zero attached hydrogens (tertiary/aromatic N) is 1. The molecule has 2 amide bonds. The highest BCUT2D eigenvalue weighted by molar-refractivity contribution is 6.33. The molecular formula is C21H22ClN3O2. The van der Waals surface area contributed by atoms with Crippen LogP contribution >= 0.6 is 11.6 Å². The molecule has 0 atom stereocenters. The lowest BCUT2D eigenvalue weighted by Gasteiger charge is -2.15. The SMILES string of the molecule is CN(C)c1ccc(NC(=O)/C=C/c2ccc(C(=O)NC3CC3)cc2)cc1Cl. The van der Waals surface area contributed by atoms with Crippen LogP contribution in [0.15, 0.2) is 48.5 Å². The largest absolute Gasteiger partial charge is 0.376 e. The zero-order chi connectivity index (χ0) is 19.4. The van der Waals surface area contributed by atoms with E-state index in [1.807, 2.05) is 37.2 Å². The van der Waals surface area contributed by atoms with Crippen LogP contribution in [0.1, 0.15) is 28.8 Å². The van der Waals surface area contributed by atoms with Crippen molar-refractivity contribution in [2.45, 2.75) is 18.9 Å². The van der Waals surface area contributed by atoms with Gasteiger partial charge in [0.15, 0.2) is 0 Å². The molecule has 2 N–H and O–H groups in total. The van der Waals surface area contributed by atoms with Crippen LogP contribution in [0.4, 0.5) is 11.4 Å². The van der Waals surface area contributed by atoms with E-state index in [1.165, 1.54) is 6.08 Å². The first-order valence-electron chi connectivity index (χ1n) is 8.79. The van der Waals surface area contributed by atoms with Crippen molar-refractivity contribution < 1.29 is 9.59 Å². The lowest BCUT2D eigenvalue weighted by atomic mass is 10.1. The Kier molecular flexibility index (Phi) is 5.81. The summed E-state index contributed by atoms with van der Waals surface area (Å²) in [5, 5.41) is 6.30. The van der Waals surface area contributed by atoms with Gasteiger partial charge < -0.3 is 15.5 Å². The predicted octanol–water partition coefficient (Wildman–Crippen LogP) is 3.95. The lowest BCUT2D eigenvalue weighted by molar-refractivity contribution is -0.111. The minimum absolute atomic E-state index is 0.0520. The molecule has 2 aromatic rings. The van der Waals surface area contributed by atoms with Gasteiger partial charge in [0.25, 0.3) is 5.91 Å². The summed E-state index contributed by atoms with van der Waals surface area (Å²) in [5.41, 5.74) is 2.98. The molecule has 0 saturated heterocycles. The van der Waals surface area contributed by atoms with Gasteiger partial charge in [0.1, 0.15) is 0 Å². The topological polar surface area (TPSA) is 61.4 Å². The highest BCUT2D eigenvalue weighted by Crippen LogP contribution is 2.27. The summed E-state index contributed by atoms with van der Waals surface area (Å²) in [5.74, 6) is -0.303. The van der Waals surface area contributed by atoms with Crippen molar-refractivity contribution in [3.8, 4) is 0 Å². The molecule has 27 heavy (non-hydrogen) atoms. The standard InChI is InChI=1S/C21H22ClN3O2/c1-25(2)19-11-10-17(13-18(19)22)23-20(26)12-5-14-3-6-15(7-4-14)21(27)24-16-8-9-16/h3-7,10-13,16H,8-9H2,1-2H3,(H,23,26)(H,24,27)/b12-5+. The first-order chi connectivity index (χ1) is 12.9. The fourth-order valence-corrected chi connectivity index (χ4v) is 2.89. The normalized spacial score (nSPS) is 13.4. The summed E-state index contributed by atoms with van der Waals surface area (Å²) in [6, 6.07) is 12.9. The Balaban J connectivity index is 1.57. The molecule has 3 rings (SSSR count). The molecule has 1 fully saturated rings. The van der Waals surface area contributed by atoms with E-state index in [-0.39, 0.29) is 11.8 Å². The Morgan fingerprint density at radius 3 is 2.41 bits per heavy atom. The summed E-state index contributed by atoms with van der Waals surface area (Å²) in [7, 11) is 3.81. The maximum atomic E-state index is 12.1. The second-order valence-electron chi connectivity index (χ2n) is 6.75. The molecular weight excluding hydrogens is 362 g/mol. The van der Waals surface area contributed by atoms with E-state index >= 15 is 0 Å². The van der Waals surface area contributed by atoms with Gasteiger partial charge in [-0.25, -0.2) is 0 Å². The van der Waals surface area contributed by atoms with Gasteiger partial charge in [-0.2, -0.15) is 0 Å². The van der Waals surface area contributed by atoms with Crippen LogP contribution in [0.25, 0.3) is 6.08 Å². The number of carbonyl (C=O) groups is 2. The maximum absolute atomic E-state index is 12.1. The average Bonchev–Trinajstić information content (AvgIpc) is 3.44. The van der Waals surface area contributed by atoms with Crippen LogP contribution in [-0.2, 0) is 4.79 Å². The van der Waals surface area contributed by atoms with Gasteiger partial charge >= 0.3 is 0 Å². The van der Waals surface area contributed by atoms with E-state index in [9.17, 15) is 9.59 Å². The molecule has 0 radical (unpaired) electrons. The van der Waals surface area contributed by atoms with E-state index in [1.54, 1.807) is 30.3 Å². The van der Waals surface area contributed by atoms with Crippen molar-refractivity contribution >= 4 is 40.9 Å². The fourth-order valence-electron chi connectivity index (χ4n) is 2.55. The number of halogens is 1. The molecule has 1 aliphatic rings. The Hall–Kier alpha value is -2.79. The Morgan fingerprint density at radius 2 is 1.81 bits per heavy atom. The second kappa shape index (κ2) is 8.27. The van der Waals surface area contributed by atoms with Crippen molar-refractivity contribution in [2.75, 3.05) is 24.3 Å². The van der Waals surface area contributed by atoms with Crippen LogP contribution in [0.2, 0.25) is 5.02 Å². The third kappa shape index (κ3) is 5.34. The Labute approximate surface area is 164 Å². The minimum atomic E-state index is -0.251. The van der Waals surface area contributed by atoms with Gasteiger partial charge in [-0.1, -0.05) is 23.7 Å². The molecule has 2 aromatic carbocycles. The van der Waals surface area contributed by atoms with Crippen molar-refractivity contribution in [3.05, 3.63) is 64.7 Å². The van der Waals surface area contributed by atoms with E-state index in [2.05, 4.69) is 10.6 Å². The quantitative estimate of drug-likeness (QED) is 0.742. The molecule has 140 valence electrons. The van der Waals surface area contributed by atoms with Crippen LogP contribution in [0, 0.1) is 0 Å². The first-order valence-corrected chi connectivity index (χ1v) is 9.17. The van der Waals surface area contributed by atoms with Crippen LogP contribution in [0.5, 0.6) is 0 Å². The second-order valence-corrected chi connectivity index (χ2v) is 7.16. The van der Waals surface area contributed by atoms with Crippen molar-refractivity contribution in [1.29, 1.82) is 0 Å². The third-order valence-electron chi connectivity index (χ3n) is 4.21. The van der Waals surface area contributed by atoms with Crippen molar-refractivity contribution in [2.24, 2.45) is 0 Å². The number of hydrogen-bond donors (Lipinski definition) is 2. The number of nitrogens with one attached hydrogen (secondary N) is 2. The summed E-state index contributed by atoms with van der Waals surface area (Å²) >= 11 is 6.21. The van der Waals surface area contributed by atoms with Crippen LogP contribution < -0.4 is 15.5 Å². The number of rotatable bonds is 6. The Bertz CT molecular complexity index is 871. The molecule has 0 aromatic heterocycles. The van der Waals surface area contributed by atoms with Crippen LogP contribution in [-0.4, -0.2) is 32.0 Å². The number of carbonyl (C=O) groups excluding carboxylic acids is 2. The molecule has 0 heterocycles. The number of amides is 2. The summed E-state index contributed by atoms with van der Waals surface area (Å²) in [4.78, 5) is 26.0. The van der Waals surface area contributed by atoms with Crippen molar-refractivity contribution in [3.63, 3.8) is 0 Å². The van der Waals surface area contributed by atoms with Gasteiger partial charge in [0.05, 0.1) is 10.7 Å². The third-order valence-corrected chi connectivity index (χ3v) is 4.51. The molecule has 1 aliphatic carbocycles. The zero-order valence-corrected chi connectivity index (χ0v) is 16.1. The minimum Gasteiger partial charge on any atom is -0.376 e. The monoisotopic (exact) mass is 383 g/mol. The molecule has 1 saturated carbocycles. The van der Waals surface area contributed by atoms with Gasteiger partial charge in [-0.15, -0.1) is 0 Å². The molecule has 0 bridgehead atoms. The number of benzene rings is 2. The van der Waals surface area contributed by atoms with E-state index in [4.69, 9.17) is 11.6 Å². The lowest BCUT2D eigenvalue weighted by Crippen LogP contribution is -2.25. The number of anilines is 2. The zero-order valence-electron chi connectivity index (χ0n) is 15.3. The van der Waals surface area contributed by atoms with Gasteiger partial charge in [0, 0.05) is 37.5 Å². The average molecular weight is 384 g/mol. The van der Waals surface area contributed by atoms with Gasteiger partial charge in [0.2, 0.25) is 5.91 Å². The van der Waals surface area contributed by atoms with Crippen molar-refractivity contribution in [1.82, 2.24) is 5.32 Å². The highest BCUT2D eigenvalue weighted by atomic mass is 35.5. The van der Waals surface area contributed by atoms with E-state index in [0.29, 0.717) is 22.3 Å². The molecule has 0 spiro atoms. The molecule has 0 aliphatic heterocycles. The fraction of sp³-hybridized carbons (Fsp3) is 0.238. The van der Waals surface area contributed by atoms with Crippen LogP contribution in [0.3, 0.4) is 0 Å². The smallest absolute Gasteiger partial charge is 0.251 e. The molecule has 0 unspecified atom stereocenters. The molecule has 6 heteroatoms. The molecule has 5 nitrogen and oxygen atoms in total. The Morgan fingerprint density at radius 1 is 1.11 bits per heavy atom. The number of hydrogen-bond acceptors (Lipinski definition) is 3. The maximum Gasteiger partial charge on any atom is 0.251 e. The summed E-state index contributed by atoms with van der Waals surface area (Å²) in [6.45, 7) is 0. The van der Waals surface area contributed by atoms with Gasteiger partial charge in [-0.05, 0) is 54.8 Å². The predicted molar refractivity (Wildman–Crippen MR) is 110 cm³/mol. The van der Waals surface area contributed by atoms with E-state index in [0.717, 1.165) is 24.1 Å². The highest BCUT2D eigenvalue weighted by Gasteiger charge is 2.23. The van der Waals surface area contributed by atoms with Gasteiger partial charge in [-0.3, -0.25) is 9.59 Å². The summed E-state index contributed by atoms with van der Waals surface area (Å²) < 4.78 is 0.